The predicted octanol–water partition coefficient (Wildman–Crippen LogP) is 2.69. The highest BCUT2D eigenvalue weighted by Gasteiger charge is 2.18. The molecule has 1 aliphatic rings. The molecule has 1 saturated heterocycles. The van der Waals surface area contributed by atoms with Crippen LogP contribution in [0.15, 0.2) is 16.4 Å². The maximum atomic E-state index is 12.4. The Labute approximate surface area is 147 Å². The molecule has 0 atom stereocenters. The van der Waals surface area contributed by atoms with Crippen molar-refractivity contribution in [2.24, 2.45) is 0 Å². The standard InChI is InChI=1S/C18H26N4OS/c1-12(2)5-6-21-7-9-22(10-8-21)11-15-19-17(23)16-13(3)14(4)24-18(16)20-15/h5H,6-11H2,1-4H3,(H,19,20,23). The van der Waals surface area contributed by atoms with E-state index in [4.69, 9.17) is 0 Å². The maximum absolute atomic E-state index is 12.4. The molecule has 3 heterocycles. The topological polar surface area (TPSA) is 52.2 Å². The molecule has 1 fully saturated rings. The summed E-state index contributed by atoms with van der Waals surface area (Å²) in [6.07, 6.45) is 2.28. The third-order valence-corrected chi connectivity index (χ3v) is 5.79. The van der Waals surface area contributed by atoms with E-state index in [-0.39, 0.29) is 5.56 Å². The molecule has 1 aliphatic heterocycles. The molecule has 2 aromatic heterocycles. The van der Waals surface area contributed by atoms with Crippen LogP contribution in [0.4, 0.5) is 0 Å². The molecule has 0 saturated carbocycles. The summed E-state index contributed by atoms with van der Waals surface area (Å²) in [7, 11) is 0. The minimum atomic E-state index is -0.000885. The summed E-state index contributed by atoms with van der Waals surface area (Å²) < 4.78 is 0. The number of H-pyrrole nitrogens is 1. The van der Waals surface area contributed by atoms with Crippen LogP contribution in [0, 0.1) is 13.8 Å². The zero-order valence-electron chi connectivity index (χ0n) is 15.0. The smallest absolute Gasteiger partial charge is 0.259 e. The molecule has 130 valence electrons. The van der Waals surface area contributed by atoms with E-state index in [1.165, 1.54) is 10.5 Å². The molecule has 0 amide bonds. The number of hydrogen-bond donors (Lipinski definition) is 1. The molecule has 0 aliphatic carbocycles. The van der Waals surface area contributed by atoms with Gasteiger partial charge in [0.1, 0.15) is 10.7 Å². The molecule has 0 aromatic carbocycles. The van der Waals surface area contributed by atoms with Crippen molar-refractivity contribution < 1.29 is 0 Å². The predicted molar refractivity (Wildman–Crippen MR) is 101 cm³/mol. The minimum absolute atomic E-state index is 0.000885. The van der Waals surface area contributed by atoms with Crippen LogP contribution in [0.1, 0.15) is 30.1 Å². The lowest BCUT2D eigenvalue weighted by molar-refractivity contribution is 0.134. The minimum Gasteiger partial charge on any atom is -0.309 e. The van der Waals surface area contributed by atoms with Crippen LogP contribution in [0.2, 0.25) is 0 Å². The van der Waals surface area contributed by atoms with Gasteiger partial charge in [-0.15, -0.1) is 11.3 Å². The number of nitrogens with one attached hydrogen (secondary N) is 1. The highest BCUT2D eigenvalue weighted by atomic mass is 32.1. The molecule has 0 spiro atoms. The van der Waals surface area contributed by atoms with Crippen molar-refractivity contribution in [2.75, 3.05) is 32.7 Å². The zero-order valence-corrected chi connectivity index (χ0v) is 15.8. The number of thiophene rings is 1. The number of aromatic nitrogens is 2. The van der Waals surface area contributed by atoms with Crippen molar-refractivity contribution >= 4 is 21.6 Å². The molecule has 5 nitrogen and oxygen atoms in total. The number of allylic oxidation sites excluding steroid dienone is 1. The molecule has 2 aromatic rings. The van der Waals surface area contributed by atoms with Crippen molar-refractivity contribution in [2.45, 2.75) is 34.2 Å². The fourth-order valence-electron chi connectivity index (χ4n) is 3.03. The highest BCUT2D eigenvalue weighted by Crippen LogP contribution is 2.25. The third kappa shape index (κ3) is 3.77. The maximum Gasteiger partial charge on any atom is 0.259 e. The van der Waals surface area contributed by atoms with E-state index in [0.717, 1.165) is 60.9 Å². The fraction of sp³-hybridized carbons (Fsp3) is 0.556. The van der Waals surface area contributed by atoms with Gasteiger partial charge in [-0.05, 0) is 33.3 Å². The number of piperazine rings is 1. The first-order valence-electron chi connectivity index (χ1n) is 8.51. The number of rotatable bonds is 4. The van der Waals surface area contributed by atoms with Crippen molar-refractivity contribution in [3.8, 4) is 0 Å². The van der Waals surface area contributed by atoms with Crippen LogP contribution >= 0.6 is 11.3 Å². The first kappa shape index (κ1) is 17.3. The summed E-state index contributed by atoms with van der Waals surface area (Å²) in [6.45, 7) is 14.2. The van der Waals surface area contributed by atoms with Crippen LogP contribution in [-0.4, -0.2) is 52.5 Å². The van der Waals surface area contributed by atoms with Gasteiger partial charge in [-0.1, -0.05) is 11.6 Å². The summed E-state index contributed by atoms with van der Waals surface area (Å²) >= 11 is 1.61. The first-order chi connectivity index (χ1) is 11.4. The van der Waals surface area contributed by atoms with Crippen LogP contribution in [-0.2, 0) is 6.54 Å². The van der Waals surface area contributed by atoms with Gasteiger partial charge in [0.2, 0.25) is 0 Å². The van der Waals surface area contributed by atoms with E-state index in [2.05, 4.69) is 39.7 Å². The Bertz CT molecular complexity index is 808. The summed E-state index contributed by atoms with van der Waals surface area (Å²) in [5.41, 5.74) is 2.43. The number of fused-ring (bicyclic) bond motifs is 1. The first-order valence-corrected chi connectivity index (χ1v) is 9.32. The Morgan fingerprint density at radius 2 is 1.88 bits per heavy atom. The normalized spacial score (nSPS) is 16.7. The third-order valence-electron chi connectivity index (χ3n) is 4.68. The van der Waals surface area contributed by atoms with Crippen LogP contribution < -0.4 is 5.56 Å². The largest absolute Gasteiger partial charge is 0.309 e. The lowest BCUT2D eigenvalue weighted by Crippen LogP contribution is -2.46. The number of aromatic amines is 1. The second-order valence-electron chi connectivity index (χ2n) is 6.83. The van der Waals surface area contributed by atoms with Gasteiger partial charge in [0.05, 0.1) is 11.9 Å². The molecule has 0 radical (unpaired) electrons. The summed E-state index contributed by atoms with van der Waals surface area (Å²) in [5, 5.41) is 0.757. The van der Waals surface area contributed by atoms with E-state index in [9.17, 15) is 4.79 Å². The quantitative estimate of drug-likeness (QED) is 0.865. The average Bonchev–Trinajstić information content (AvgIpc) is 2.81. The van der Waals surface area contributed by atoms with Crippen LogP contribution in [0.3, 0.4) is 0 Å². The second-order valence-corrected chi connectivity index (χ2v) is 8.04. The van der Waals surface area contributed by atoms with Crippen molar-refractivity contribution in [3.05, 3.63) is 38.3 Å². The molecular weight excluding hydrogens is 320 g/mol. The Morgan fingerprint density at radius 3 is 2.54 bits per heavy atom. The van der Waals surface area contributed by atoms with Gasteiger partial charge in [0.15, 0.2) is 0 Å². The molecule has 0 bridgehead atoms. The van der Waals surface area contributed by atoms with Gasteiger partial charge in [-0.25, -0.2) is 4.98 Å². The van der Waals surface area contributed by atoms with Gasteiger partial charge in [0, 0.05) is 37.6 Å². The molecule has 3 rings (SSSR count). The Balaban J connectivity index is 1.66. The molecule has 24 heavy (non-hydrogen) atoms. The summed E-state index contributed by atoms with van der Waals surface area (Å²) in [6, 6.07) is 0. The van der Waals surface area contributed by atoms with E-state index < -0.39 is 0 Å². The Hall–Kier alpha value is -1.50. The van der Waals surface area contributed by atoms with Crippen molar-refractivity contribution in [1.29, 1.82) is 0 Å². The number of nitrogens with zero attached hydrogens (tertiary/aromatic N) is 3. The number of aryl methyl sites for hydroxylation is 2. The highest BCUT2D eigenvalue weighted by molar-refractivity contribution is 7.18. The SMILES string of the molecule is CC(C)=CCN1CCN(Cc2nc3sc(C)c(C)c3c(=O)[nH]2)CC1. The van der Waals surface area contributed by atoms with Gasteiger partial charge in [-0.3, -0.25) is 14.6 Å². The van der Waals surface area contributed by atoms with Gasteiger partial charge < -0.3 is 4.98 Å². The van der Waals surface area contributed by atoms with E-state index in [1.807, 2.05) is 13.8 Å². The Morgan fingerprint density at radius 1 is 1.21 bits per heavy atom. The van der Waals surface area contributed by atoms with Gasteiger partial charge in [-0.2, -0.15) is 0 Å². The van der Waals surface area contributed by atoms with E-state index >= 15 is 0 Å². The molecular formula is C18H26N4OS. The van der Waals surface area contributed by atoms with Crippen LogP contribution in [0.25, 0.3) is 10.2 Å². The summed E-state index contributed by atoms with van der Waals surface area (Å²) in [4.78, 5) is 26.9. The zero-order chi connectivity index (χ0) is 17.3. The average molecular weight is 347 g/mol. The Kier molecular flexibility index (Phi) is 5.18. The molecule has 1 N–H and O–H groups in total. The lowest BCUT2D eigenvalue weighted by Gasteiger charge is -2.33. The molecule has 0 unspecified atom stereocenters. The van der Waals surface area contributed by atoms with Crippen LogP contribution in [0.5, 0.6) is 0 Å². The lowest BCUT2D eigenvalue weighted by atomic mass is 10.2. The fourth-order valence-corrected chi connectivity index (χ4v) is 4.08. The molecule has 6 heteroatoms. The monoisotopic (exact) mass is 346 g/mol. The van der Waals surface area contributed by atoms with Gasteiger partial charge in [0.25, 0.3) is 5.56 Å². The number of hydrogen-bond acceptors (Lipinski definition) is 5. The van der Waals surface area contributed by atoms with E-state index in [1.54, 1.807) is 11.3 Å². The second kappa shape index (κ2) is 7.17. The van der Waals surface area contributed by atoms with Crippen molar-refractivity contribution in [1.82, 2.24) is 19.8 Å². The van der Waals surface area contributed by atoms with Gasteiger partial charge >= 0.3 is 0 Å². The van der Waals surface area contributed by atoms with Crippen molar-refractivity contribution in [3.63, 3.8) is 0 Å². The van der Waals surface area contributed by atoms with E-state index in [0.29, 0.717) is 0 Å². The summed E-state index contributed by atoms with van der Waals surface area (Å²) in [5.74, 6) is 0.784.